The fraction of sp³-hybridized carbons (Fsp3) is 0.467. The Morgan fingerprint density at radius 2 is 2.05 bits per heavy atom. The molecule has 1 saturated heterocycles. The quantitative estimate of drug-likeness (QED) is 0.841. The molecular weight excluding hydrogens is 256 g/mol. The normalized spacial score (nSPS) is 19.9. The van der Waals surface area contributed by atoms with Crippen molar-refractivity contribution in [3.8, 4) is 0 Å². The van der Waals surface area contributed by atoms with Gasteiger partial charge in [-0.15, -0.1) is 0 Å². The van der Waals surface area contributed by atoms with E-state index in [2.05, 4.69) is 0 Å². The maximum absolute atomic E-state index is 12.2. The van der Waals surface area contributed by atoms with E-state index in [1.807, 2.05) is 30.3 Å². The van der Waals surface area contributed by atoms with Crippen molar-refractivity contribution in [3.63, 3.8) is 0 Å². The van der Waals surface area contributed by atoms with E-state index in [0.717, 1.165) is 18.4 Å². The zero-order valence-electron chi connectivity index (χ0n) is 11.4. The van der Waals surface area contributed by atoms with Crippen LogP contribution in [0, 0.1) is 0 Å². The molecule has 0 radical (unpaired) electrons. The minimum absolute atomic E-state index is 0.245. The highest BCUT2D eigenvalue weighted by Crippen LogP contribution is 2.19. The first-order valence-corrected chi connectivity index (χ1v) is 6.92. The molecule has 2 rings (SSSR count). The molecule has 1 aliphatic rings. The lowest BCUT2D eigenvalue weighted by Crippen LogP contribution is -2.48. The molecule has 0 aromatic heterocycles. The second-order valence-corrected chi connectivity index (χ2v) is 5.16. The highest BCUT2D eigenvalue weighted by molar-refractivity contribution is 5.87. The third-order valence-electron chi connectivity index (χ3n) is 3.72. The van der Waals surface area contributed by atoms with Gasteiger partial charge in [-0.3, -0.25) is 4.79 Å². The molecule has 5 heteroatoms. The van der Waals surface area contributed by atoms with Crippen molar-refractivity contribution in [3.05, 3.63) is 35.9 Å². The molecule has 0 saturated carbocycles. The second-order valence-electron chi connectivity index (χ2n) is 5.16. The Labute approximate surface area is 118 Å². The van der Waals surface area contributed by atoms with E-state index in [1.165, 1.54) is 4.90 Å². The zero-order valence-corrected chi connectivity index (χ0v) is 11.4. The van der Waals surface area contributed by atoms with Crippen LogP contribution in [0.4, 0.5) is 0 Å². The summed E-state index contributed by atoms with van der Waals surface area (Å²) in [6, 6.07) is 8.49. The predicted octanol–water partition coefficient (Wildman–Crippen LogP) is 1.02. The van der Waals surface area contributed by atoms with Gasteiger partial charge >= 0.3 is 5.97 Å². The number of carboxylic acid groups (broad SMARTS) is 1. The molecule has 1 heterocycles. The van der Waals surface area contributed by atoms with Crippen LogP contribution in [0.5, 0.6) is 0 Å². The molecule has 1 fully saturated rings. The van der Waals surface area contributed by atoms with Crippen LogP contribution in [0.1, 0.15) is 24.8 Å². The first-order chi connectivity index (χ1) is 9.59. The smallest absolute Gasteiger partial charge is 0.326 e. The summed E-state index contributed by atoms with van der Waals surface area (Å²) in [5.74, 6) is -1.18. The third kappa shape index (κ3) is 3.36. The van der Waals surface area contributed by atoms with Gasteiger partial charge in [0.25, 0.3) is 0 Å². The van der Waals surface area contributed by atoms with E-state index in [1.54, 1.807) is 0 Å². The molecule has 5 nitrogen and oxygen atoms in total. The van der Waals surface area contributed by atoms with E-state index in [4.69, 9.17) is 10.8 Å². The monoisotopic (exact) mass is 276 g/mol. The van der Waals surface area contributed by atoms with Crippen molar-refractivity contribution >= 4 is 11.9 Å². The van der Waals surface area contributed by atoms with Gasteiger partial charge in [0.15, 0.2) is 0 Å². The number of nitrogens with zero attached hydrogens (tertiary/aromatic N) is 1. The number of carbonyl (C=O) groups is 2. The lowest BCUT2D eigenvalue weighted by molar-refractivity contribution is -0.148. The number of nitrogens with two attached hydrogens (primary N) is 1. The number of hydrogen-bond acceptors (Lipinski definition) is 3. The Morgan fingerprint density at radius 3 is 2.70 bits per heavy atom. The summed E-state index contributed by atoms with van der Waals surface area (Å²) >= 11 is 0. The van der Waals surface area contributed by atoms with Crippen molar-refractivity contribution in [2.75, 3.05) is 6.54 Å². The molecule has 2 atom stereocenters. The Balaban J connectivity index is 1.90. The average Bonchev–Trinajstić information content (AvgIpc) is 2.94. The van der Waals surface area contributed by atoms with E-state index in [9.17, 15) is 9.59 Å². The summed E-state index contributed by atoms with van der Waals surface area (Å²) in [4.78, 5) is 24.7. The summed E-state index contributed by atoms with van der Waals surface area (Å²) in [5, 5.41) is 9.09. The van der Waals surface area contributed by atoms with E-state index < -0.39 is 18.1 Å². The van der Waals surface area contributed by atoms with Gasteiger partial charge in [0.2, 0.25) is 5.91 Å². The highest BCUT2D eigenvalue weighted by Gasteiger charge is 2.35. The summed E-state index contributed by atoms with van der Waals surface area (Å²) in [5.41, 5.74) is 7.05. The van der Waals surface area contributed by atoms with Crippen LogP contribution in [0.25, 0.3) is 0 Å². The van der Waals surface area contributed by atoms with E-state index >= 15 is 0 Å². The molecule has 0 unspecified atom stereocenters. The number of carbonyl (C=O) groups excluding carboxylic acids is 1. The van der Waals surface area contributed by atoms with Crippen molar-refractivity contribution in [1.29, 1.82) is 0 Å². The fourth-order valence-electron chi connectivity index (χ4n) is 2.59. The minimum Gasteiger partial charge on any atom is -0.480 e. The van der Waals surface area contributed by atoms with Crippen molar-refractivity contribution < 1.29 is 14.7 Å². The molecule has 1 aromatic rings. The number of likely N-dealkylation sites (tertiary alicyclic amines) is 1. The molecule has 108 valence electrons. The van der Waals surface area contributed by atoms with Crippen LogP contribution in [0.15, 0.2) is 30.3 Å². The Bertz CT molecular complexity index is 475. The van der Waals surface area contributed by atoms with E-state index in [0.29, 0.717) is 19.4 Å². The van der Waals surface area contributed by atoms with Crippen molar-refractivity contribution in [2.45, 2.75) is 37.8 Å². The first kappa shape index (κ1) is 14.5. The van der Waals surface area contributed by atoms with Crippen molar-refractivity contribution in [2.24, 2.45) is 5.73 Å². The molecular formula is C15H20N2O3. The van der Waals surface area contributed by atoms with Crippen LogP contribution < -0.4 is 5.73 Å². The summed E-state index contributed by atoms with van der Waals surface area (Å²) < 4.78 is 0. The number of benzene rings is 1. The molecule has 0 spiro atoms. The van der Waals surface area contributed by atoms with Gasteiger partial charge < -0.3 is 15.7 Å². The Kier molecular flexibility index (Phi) is 4.74. The first-order valence-electron chi connectivity index (χ1n) is 6.92. The van der Waals surface area contributed by atoms with Crippen LogP contribution in [-0.4, -0.2) is 40.5 Å². The molecule has 1 aliphatic heterocycles. The van der Waals surface area contributed by atoms with Gasteiger partial charge in [-0.1, -0.05) is 30.3 Å². The van der Waals surface area contributed by atoms with Crippen LogP contribution in [0.2, 0.25) is 0 Å². The average molecular weight is 276 g/mol. The Hall–Kier alpha value is -1.88. The fourth-order valence-corrected chi connectivity index (χ4v) is 2.59. The van der Waals surface area contributed by atoms with Crippen LogP contribution in [-0.2, 0) is 16.0 Å². The molecule has 3 N–H and O–H groups in total. The van der Waals surface area contributed by atoms with Gasteiger partial charge in [-0.2, -0.15) is 0 Å². The SMILES string of the molecule is N[C@@H](CCc1ccccc1)C(=O)N1CCC[C@@H]1C(=O)O. The van der Waals surface area contributed by atoms with Gasteiger partial charge in [0.1, 0.15) is 6.04 Å². The molecule has 1 aromatic carbocycles. The van der Waals surface area contributed by atoms with Crippen LogP contribution >= 0.6 is 0 Å². The number of aryl methyl sites for hydroxylation is 1. The number of rotatable bonds is 5. The standard InChI is InChI=1S/C15H20N2O3/c16-12(9-8-11-5-2-1-3-6-11)14(18)17-10-4-7-13(17)15(19)20/h1-3,5-6,12-13H,4,7-10,16H2,(H,19,20)/t12-,13+/m0/s1. The number of hydrogen-bond donors (Lipinski definition) is 2. The lowest BCUT2D eigenvalue weighted by Gasteiger charge is -2.24. The second kappa shape index (κ2) is 6.52. The van der Waals surface area contributed by atoms with Gasteiger partial charge in [0.05, 0.1) is 6.04 Å². The van der Waals surface area contributed by atoms with Crippen molar-refractivity contribution in [1.82, 2.24) is 4.90 Å². The maximum atomic E-state index is 12.2. The summed E-state index contributed by atoms with van der Waals surface area (Å²) in [6.07, 6.45) is 2.51. The van der Waals surface area contributed by atoms with E-state index in [-0.39, 0.29) is 5.91 Å². The molecule has 0 aliphatic carbocycles. The zero-order chi connectivity index (χ0) is 14.5. The maximum Gasteiger partial charge on any atom is 0.326 e. The molecule has 1 amide bonds. The summed E-state index contributed by atoms with van der Waals surface area (Å²) in [7, 11) is 0. The summed E-state index contributed by atoms with van der Waals surface area (Å²) in [6.45, 7) is 0.495. The number of carboxylic acids is 1. The van der Waals surface area contributed by atoms with Crippen LogP contribution in [0.3, 0.4) is 0 Å². The number of amides is 1. The van der Waals surface area contributed by atoms with Gasteiger partial charge in [0, 0.05) is 6.54 Å². The van der Waals surface area contributed by atoms with Gasteiger partial charge in [-0.05, 0) is 31.2 Å². The number of aliphatic carboxylic acids is 1. The lowest BCUT2D eigenvalue weighted by atomic mass is 10.0. The highest BCUT2D eigenvalue weighted by atomic mass is 16.4. The van der Waals surface area contributed by atoms with Gasteiger partial charge in [-0.25, -0.2) is 4.79 Å². The minimum atomic E-state index is -0.939. The molecule has 0 bridgehead atoms. The largest absolute Gasteiger partial charge is 0.480 e. The molecule has 20 heavy (non-hydrogen) atoms. The Morgan fingerprint density at radius 1 is 1.35 bits per heavy atom. The topological polar surface area (TPSA) is 83.6 Å². The predicted molar refractivity (Wildman–Crippen MR) is 75.1 cm³/mol. The third-order valence-corrected chi connectivity index (χ3v) is 3.72.